The lowest BCUT2D eigenvalue weighted by Crippen LogP contribution is -2.32. The van der Waals surface area contributed by atoms with Crippen molar-refractivity contribution in [1.29, 1.82) is 0 Å². The summed E-state index contributed by atoms with van der Waals surface area (Å²) in [6, 6.07) is 14.5. The van der Waals surface area contributed by atoms with Crippen LogP contribution in [0, 0.1) is 6.92 Å². The number of carbonyl (C=O) groups is 1. The molecule has 4 rings (SSSR count). The topological polar surface area (TPSA) is 98.5 Å². The summed E-state index contributed by atoms with van der Waals surface area (Å²) in [6.45, 7) is 1.79. The van der Waals surface area contributed by atoms with Crippen molar-refractivity contribution in [3.05, 3.63) is 65.4 Å². The third-order valence-electron chi connectivity index (χ3n) is 5.71. The van der Waals surface area contributed by atoms with E-state index in [0.29, 0.717) is 17.0 Å². The van der Waals surface area contributed by atoms with Crippen molar-refractivity contribution in [2.75, 3.05) is 12.9 Å². The molecule has 8 heteroatoms. The van der Waals surface area contributed by atoms with Gasteiger partial charge in [0, 0.05) is 18.1 Å². The number of hydrogen-bond donors (Lipinski definition) is 1. The van der Waals surface area contributed by atoms with Crippen molar-refractivity contribution in [2.45, 2.75) is 43.5 Å². The second-order valence-electron chi connectivity index (χ2n) is 7.98. The fraction of sp³-hybridized carbons (Fsp3) is 0.333. The van der Waals surface area contributed by atoms with Gasteiger partial charge in [-0.1, -0.05) is 29.4 Å². The molecule has 0 aliphatic heterocycles. The molecule has 1 aliphatic rings. The Balaban J connectivity index is 1.48. The Bertz CT molecular complexity index is 1230. The smallest absolute Gasteiger partial charge is 0.221 e. The van der Waals surface area contributed by atoms with E-state index in [1.165, 1.54) is 18.7 Å². The van der Waals surface area contributed by atoms with Gasteiger partial charge in [-0.15, -0.1) is 0 Å². The van der Waals surface area contributed by atoms with Gasteiger partial charge in [-0.25, -0.2) is 8.42 Å². The molecule has 3 aromatic rings. The third-order valence-corrected chi connectivity index (χ3v) is 7.44. The van der Waals surface area contributed by atoms with Crippen LogP contribution in [0.15, 0.2) is 57.9 Å². The van der Waals surface area contributed by atoms with E-state index >= 15 is 0 Å². The van der Waals surface area contributed by atoms with Crippen molar-refractivity contribution in [3.63, 3.8) is 0 Å². The summed E-state index contributed by atoms with van der Waals surface area (Å²) in [5.74, 6) is 0.0980. The van der Waals surface area contributed by atoms with Crippen molar-refractivity contribution < 1.29 is 22.5 Å². The number of nitrogens with zero attached hydrogens (tertiary/aromatic N) is 1. The van der Waals surface area contributed by atoms with Crippen LogP contribution in [-0.2, 0) is 21.1 Å². The standard InChI is InChI=1S/C24H26N2O5S/c1-16-14-22(31-26-16)18-10-11-21(30-2)23(15-18)32(28,29)13-12-24(27)25-20-9-5-7-17-6-3-4-8-19(17)20/h3-4,6,8,10-11,14-15,20H,5,7,9,12-13H2,1-2H3,(H,25,27)/t20-/m0/s1. The van der Waals surface area contributed by atoms with E-state index in [1.807, 2.05) is 18.2 Å². The lowest BCUT2D eigenvalue weighted by Gasteiger charge is -2.26. The van der Waals surface area contributed by atoms with Gasteiger partial charge in [-0.2, -0.15) is 0 Å². The minimum Gasteiger partial charge on any atom is -0.495 e. The Kier molecular flexibility index (Phi) is 6.32. The number of aromatic nitrogens is 1. The van der Waals surface area contributed by atoms with E-state index in [0.717, 1.165) is 24.8 Å². The number of amides is 1. The summed E-state index contributed by atoms with van der Waals surface area (Å²) < 4.78 is 36.7. The molecule has 0 saturated heterocycles. The van der Waals surface area contributed by atoms with Gasteiger partial charge in [-0.05, 0) is 55.5 Å². The molecule has 1 aromatic heterocycles. The van der Waals surface area contributed by atoms with Gasteiger partial charge in [0.1, 0.15) is 10.6 Å². The Labute approximate surface area is 187 Å². The molecule has 1 atom stereocenters. The van der Waals surface area contributed by atoms with Crippen LogP contribution in [0.2, 0.25) is 0 Å². The molecular weight excluding hydrogens is 428 g/mol. The monoisotopic (exact) mass is 454 g/mol. The molecule has 7 nitrogen and oxygen atoms in total. The predicted octanol–water partition coefficient (Wildman–Crippen LogP) is 4.02. The fourth-order valence-electron chi connectivity index (χ4n) is 4.08. The highest BCUT2D eigenvalue weighted by Gasteiger charge is 2.25. The van der Waals surface area contributed by atoms with Crippen LogP contribution in [0.3, 0.4) is 0 Å². The van der Waals surface area contributed by atoms with E-state index in [9.17, 15) is 13.2 Å². The minimum absolute atomic E-state index is 0.0300. The van der Waals surface area contributed by atoms with E-state index in [2.05, 4.69) is 16.5 Å². The number of sulfone groups is 1. The van der Waals surface area contributed by atoms with E-state index in [1.54, 1.807) is 25.1 Å². The summed E-state index contributed by atoms with van der Waals surface area (Å²) in [6.07, 6.45) is 2.71. The molecule has 1 amide bonds. The minimum atomic E-state index is -3.77. The van der Waals surface area contributed by atoms with Gasteiger partial charge >= 0.3 is 0 Å². The van der Waals surface area contributed by atoms with Gasteiger partial charge in [0.25, 0.3) is 0 Å². The summed E-state index contributed by atoms with van der Waals surface area (Å²) >= 11 is 0. The van der Waals surface area contributed by atoms with Crippen LogP contribution in [0.4, 0.5) is 0 Å². The molecule has 0 spiro atoms. The molecule has 1 heterocycles. The number of ether oxygens (including phenoxy) is 1. The van der Waals surface area contributed by atoms with Crippen molar-refractivity contribution in [1.82, 2.24) is 10.5 Å². The predicted molar refractivity (Wildman–Crippen MR) is 120 cm³/mol. The molecule has 0 saturated carbocycles. The highest BCUT2D eigenvalue weighted by Crippen LogP contribution is 2.32. The van der Waals surface area contributed by atoms with Crippen molar-refractivity contribution in [2.24, 2.45) is 0 Å². The first-order valence-corrected chi connectivity index (χ1v) is 12.2. The van der Waals surface area contributed by atoms with Crippen LogP contribution in [-0.4, -0.2) is 32.3 Å². The lowest BCUT2D eigenvalue weighted by molar-refractivity contribution is -0.121. The van der Waals surface area contributed by atoms with Gasteiger partial charge in [0.2, 0.25) is 5.91 Å². The number of aryl methyl sites for hydroxylation is 2. The number of rotatable bonds is 7. The molecule has 0 fully saturated rings. The highest BCUT2D eigenvalue weighted by molar-refractivity contribution is 7.91. The molecule has 32 heavy (non-hydrogen) atoms. The SMILES string of the molecule is COc1ccc(-c2cc(C)no2)cc1S(=O)(=O)CCC(=O)N[C@H]1CCCc2ccccc21. The summed E-state index contributed by atoms with van der Waals surface area (Å²) in [7, 11) is -2.35. The Morgan fingerprint density at radius 2 is 2.03 bits per heavy atom. The number of fused-ring (bicyclic) bond motifs is 1. The van der Waals surface area contributed by atoms with Gasteiger partial charge in [0.15, 0.2) is 15.6 Å². The maximum atomic E-state index is 13.1. The van der Waals surface area contributed by atoms with Crippen LogP contribution >= 0.6 is 0 Å². The zero-order valence-electron chi connectivity index (χ0n) is 18.1. The number of hydrogen-bond acceptors (Lipinski definition) is 6. The largest absolute Gasteiger partial charge is 0.495 e. The van der Waals surface area contributed by atoms with Crippen LogP contribution in [0.1, 0.15) is 42.1 Å². The number of methoxy groups -OCH3 is 1. The average Bonchev–Trinajstić information content (AvgIpc) is 3.24. The van der Waals surface area contributed by atoms with Crippen LogP contribution in [0.25, 0.3) is 11.3 Å². The molecule has 1 N–H and O–H groups in total. The number of benzene rings is 2. The van der Waals surface area contributed by atoms with Gasteiger partial charge in [-0.3, -0.25) is 4.79 Å². The first-order chi connectivity index (χ1) is 15.4. The van der Waals surface area contributed by atoms with E-state index in [4.69, 9.17) is 9.26 Å². The molecular formula is C24H26N2O5S. The fourth-order valence-corrected chi connectivity index (χ4v) is 5.52. The highest BCUT2D eigenvalue weighted by atomic mass is 32.2. The Hall–Kier alpha value is -3.13. The molecule has 0 unspecified atom stereocenters. The van der Waals surface area contributed by atoms with E-state index in [-0.39, 0.29) is 34.8 Å². The number of carbonyl (C=O) groups excluding carboxylic acids is 1. The molecule has 168 valence electrons. The van der Waals surface area contributed by atoms with Gasteiger partial charge in [0.05, 0.1) is 24.6 Å². The number of nitrogens with one attached hydrogen (secondary N) is 1. The van der Waals surface area contributed by atoms with E-state index < -0.39 is 9.84 Å². The summed E-state index contributed by atoms with van der Waals surface area (Å²) in [5.41, 5.74) is 3.63. The van der Waals surface area contributed by atoms with Crippen LogP contribution < -0.4 is 10.1 Å². The quantitative estimate of drug-likeness (QED) is 0.579. The molecule has 0 bridgehead atoms. The maximum Gasteiger partial charge on any atom is 0.221 e. The summed E-state index contributed by atoms with van der Waals surface area (Å²) in [4.78, 5) is 12.6. The second kappa shape index (κ2) is 9.16. The normalized spacial score (nSPS) is 15.8. The molecule has 1 aliphatic carbocycles. The molecule has 2 aromatic carbocycles. The van der Waals surface area contributed by atoms with Crippen LogP contribution in [0.5, 0.6) is 5.75 Å². The first-order valence-electron chi connectivity index (χ1n) is 10.6. The second-order valence-corrected chi connectivity index (χ2v) is 10.1. The Morgan fingerprint density at radius 3 is 2.78 bits per heavy atom. The maximum absolute atomic E-state index is 13.1. The molecule has 0 radical (unpaired) electrons. The zero-order valence-corrected chi connectivity index (χ0v) is 18.9. The summed E-state index contributed by atoms with van der Waals surface area (Å²) in [5, 5.41) is 6.86. The first kappa shape index (κ1) is 22.1. The Morgan fingerprint density at radius 1 is 1.22 bits per heavy atom. The zero-order chi connectivity index (χ0) is 22.7. The third kappa shape index (κ3) is 4.70. The van der Waals surface area contributed by atoms with Crippen molar-refractivity contribution in [3.8, 4) is 17.1 Å². The van der Waals surface area contributed by atoms with Gasteiger partial charge < -0.3 is 14.6 Å². The average molecular weight is 455 g/mol. The lowest BCUT2D eigenvalue weighted by atomic mass is 9.88. The van der Waals surface area contributed by atoms with Crippen molar-refractivity contribution >= 4 is 15.7 Å².